The van der Waals surface area contributed by atoms with Crippen LogP contribution in [-0.2, 0) is 0 Å². The third-order valence-corrected chi connectivity index (χ3v) is 2.85. The molecule has 0 radical (unpaired) electrons. The molecule has 0 heteroatoms. The van der Waals surface area contributed by atoms with E-state index in [-0.39, 0.29) is 0 Å². The Bertz CT molecular complexity index is 186. The molecule has 0 nitrogen and oxygen atoms in total. The molecule has 0 aromatic heterocycles. The third kappa shape index (κ3) is 8.23. The Hall–Kier alpha value is -0.780. The molecule has 0 atom stereocenters. The number of hydrogen-bond donors (Lipinski definition) is 0. The van der Waals surface area contributed by atoms with Crippen LogP contribution in [-0.4, -0.2) is 0 Å². The monoisotopic (exact) mass is 204 g/mol. The lowest BCUT2D eigenvalue weighted by Gasteiger charge is -1.99. The van der Waals surface area contributed by atoms with E-state index in [1.54, 1.807) is 0 Å². The minimum atomic E-state index is 1.24. The van der Waals surface area contributed by atoms with Gasteiger partial charge in [-0.3, -0.25) is 0 Å². The summed E-state index contributed by atoms with van der Waals surface area (Å²) in [7, 11) is 0. The fourth-order valence-electron chi connectivity index (χ4n) is 1.89. The van der Waals surface area contributed by atoms with Crippen molar-refractivity contribution in [1.82, 2.24) is 0 Å². The van der Waals surface area contributed by atoms with Crippen LogP contribution in [0.15, 0.2) is 36.5 Å². The molecule has 0 bridgehead atoms. The highest BCUT2D eigenvalue weighted by atomic mass is 14.0. The highest BCUT2D eigenvalue weighted by Crippen LogP contribution is 2.10. The molecule has 84 valence electrons. The first-order chi connectivity index (χ1) is 7.50. The van der Waals surface area contributed by atoms with Crippen LogP contribution in [0.2, 0.25) is 0 Å². The van der Waals surface area contributed by atoms with E-state index in [4.69, 9.17) is 0 Å². The van der Waals surface area contributed by atoms with E-state index in [0.717, 1.165) is 0 Å². The van der Waals surface area contributed by atoms with Crippen LogP contribution in [0.3, 0.4) is 0 Å². The fraction of sp³-hybridized carbons (Fsp3) is 0.600. The van der Waals surface area contributed by atoms with Gasteiger partial charge in [0.2, 0.25) is 0 Å². The second kappa shape index (κ2) is 9.76. The van der Waals surface area contributed by atoms with Crippen molar-refractivity contribution in [2.24, 2.45) is 0 Å². The molecular weight excluding hydrogens is 180 g/mol. The highest BCUT2D eigenvalue weighted by Gasteiger charge is 1.90. The average Bonchev–Trinajstić information content (AvgIpc) is 2.27. The molecule has 0 unspecified atom stereocenters. The zero-order chi connectivity index (χ0) is 10.6. The van der Waals surface area contributed by atoms with Crippen molar-refractivity contribution in [3.05, 3.63) is 36.5 Å². The Kier molecular flexibility index (Phi) is 8.00. The molecule has 0 aromatic carbocycles. The second-order valence-corrected chi connectivity index (χ2v) is 4.29. The summed E-state index contributed by atoms with van der Waals surface area (Å²) in [4.78, 5) is 0. The van der Waals surface area contributed by atoms with Crippen LogP contribution >= 0.6 is 0 Å². The lowest BCUT2D eigenvalue weighted by molar-refractivity contribution is 0.584. The van der Waals surface area contributed by atoms with Gasteiger partial charge >= 0.3 is 0 Å². The molecule has 1 aliphatic rings. The van der Waals surface area contributed by atoms with Gasteiger partial charge in [-0.15, -0.1) is 0 Å². The average molecular weight is 204 g/mol. The lowest BCUT2D eigenvalue weighted by Crippen LogP contribution is -1.80. The van der Waals surface area contributed by atoms with Crippen LogP contribution in [0.1, 0.15) is 57.8 Å². The summed E-state index contributed by atoms with van der Waals surface area (Å²) in [6, 6.07) is 0. The zero-order valence-corrected chi connectivity index (χ0v) is 9.83. The van der Waals surface area contributed by atoms with E-state index in [1.807, 2.05) is 0 Å². The van der Waals surface area contributed by atoms with Gasteiger partial charge in [0.15, 0.2) is 0 Å². The van der Waals surface area contributed by atoms with Crippen molar-refractivity contribution in [2.75, 3.05) is 0 Å². The van der Waals surface area contributed by atoms with Gasteiger partial charge in [0.25, 0.3) is 0 Å². The lowest BCUT2D eigenvalue weighted by atomic mass is 10.1. The predicted molar refractivity (Wildman–Crippen MR) is 69.0 cm³/mol. The molecule has 0 amide bonds. The van der Waals surface area contributed by atoms with Gasteiger partial charge < -0.3 is 0 Å². The molecule has 0 heterocycles. The summed E-state index contributed by atoms with van der Waals surface area (Å²) in [6.45, 7) is 0. The Morgan fingerprint density at radius 3 is 1.27 bits per heavy atom. The topological polar surface area (TPSA) is 0 Å². The Morgan fingerprint density at radius 2 is 0.800 bits per heavy atom. The smallest absolute Gasteiger partial charge is 0.0348 e. The summed E-state index contributed by atoms with van der Waals surface area (Å²) in [5.41, 5.74) is 0. The maximum absolute atomic E-state index is 2.28. The molecule has 0 saturated carbocycles. The van der Waals surface area contributed by atoms with E-state index in [9.17, 15) is 0 Å². The number of allylic oxidation sites excluding steroid dienone is 6. The summed E-state index contributed by atoms with van der Waals surface area (Å²) < 4.78 is 0. The molecule has 0 saturated heterocycles. The molecule has 15 heavy (non-hydrogen) atoms. The second-order valence-electron chi connectivity index (χ2n) is 4.29. The fourth-order valence-corrected chi connectivity index (χ4v) is 1.89. The first-order valence-corrected chi connectivity index (χ1v) is 6.48. The van der Waals surface area contributed by atoms with Crippen molar-refractivity contribution in [2.45, 2.75) is 57.8 Å². The van der Waals surface area contributed by atoms with Gasteiger partial charge in [0.05, 0.1) is 0 Å². The van der Waals surface area contributed by atoms with Gasteiger partial charge in [-0.2, -0.15) is 0 Å². The highest BCUT2D eigenvalue weighted by molar-refractivity contribution is 5.10. The maximum atomic E-state index is 2.28. The first-order valence-electron chi connectivity index (χ1n) is 6.48. The molecule has 1 aliphatic carbocycles. The van der Waals surface area contributed by atoms with Gasteiger partial charge in [0.1, 0.15) is 0 Å². The molecule has 0 fully saturated rings. The largest absolute Gasteiger partial charge is 0.0845 e. The minimum absolute atomic E-state index is 1.24. The normalized spacial score (nSPS) is 27.2. The molecule has 0 aliphatic heterocycles. The Balaban J connectivity index is 2.25. The summed E-state index contributed by atoms with van der Waals surface area (Å²) in [5.74, 6) is 0. The van der Waals surface area contributed by atoms with E-state index in [1.165, 1.54) is 57.8 Å². The summed E-state index contributed by atoms with van der Waals surface area (Å²) >= 11 is 0. The Labute approximate surface area is 94.8 Å². The molecule has 0 N–H and O–H groups in total. The van der Waals surface area contributed by atoms with Gasteiger partial charge in [-0.05, 0) is 25.7 Å². The van der Waals surface area contributed by atoms with Crippen LogP contribution in [0, 0.1) is 0 Å². The first kappa shape index (κ1) is 12.3. The number of rotatable bonds is 0. The van der Waals surface area contributed by atoms with Crippen LogP contribution in [0.25, 0.3) is 0 Å². The minimum Gasteiger partial charge on any atom is -0.0845 e. The SMILES string of the molecule is C1=C\CCCCCCCCC/C=C/C=C/1. The van der Waals surface area contributed by atoms with E-state index >= 15 is 0 Å². The maximum Gasteiger partial charge on any atom is -0.0348 e. The van der Waals surface area contributed by atoms with Crippen LogP contribution < -0.4 is 0 Å². The van der Waals surface area contributed by atoms with E-state index in [0.29, 0.717) is 0 Å². The van der Waals surface area contributed by atoms with Crippen molar-refractivity contribution in [3.8, 4) is 0 Å². The quantitative estimate of drug-likeness (QED) is 0.510. The zero-order valence-electron chi connectivity index (χ0n) is 9.83. The molecular formula is C15H24. The summed E-state index contributed by atoms with van der Waals surface area (Å²) in [5, 5.41) is 0. The van der Waals surface area contributed by atoms with Crippen LogP contribution in [0.5, 0.6) is 0 Å². The van der Waals surface area contributed by atoms with Gasteiger partial charge in [-0.25, -0.2) is 0 Å². The standard InChI is InChI=1S/C15H24/c1-2-4-6-8-10-12-14-15-13-11-9-7-5-3-1/h1-6H,7-15H2/b2-1+,5-3-,6-4+. The van der Waals surface area contributed by atoms with E-state index in [2.05, 4.69) is 36.5 Å². The van der Waals surface area contributed by atoms with Gasteiger partial charge in [0, 0.05) is 0 Å². The molecule has 0 spiro atoms. The molecule has 1 rings (SSSR count). The summed E-state index contributed by atoms with van der Waals surface area (Å²) in [6.07, 6.45) is 25.5. The predicted octanol–water partition coefficient (Wildman–Crippen LogP) is 5.18. The van der Waals surface area contributed by atoms with E-state index < -0.39 is 0 Å². The molecule has 0 aromatic rings. The van der Waals surface area contributed by atoms with Gasteiger partial charge in [-0.1, -0.05) is 68.6 Å². The van der Waals surface area contributed by atoms with Crippen molar-refractivity contribution in [3.63, 3.8) is 0 Å². The van der Waals surface area contributed by atoms with Crippen molar-refractivity contribution >= 4 is 0 Å². The third-order valence-electron chi connectivity index (χ3n) is 2.85. The Morgan fingerprint density at radius 1 is 0.400 bits per heavy atom. The van der Waals surface area contributed by atoms with Crippen molar-refractivity contribution in [1.29, 1.82) is 0 Å². The van der Waals surface area contributed by atoms with Crippen LogP contribution in [0.4, 0.5) is 0 Å². The van der Waals surface area contributed by atoms with Crippen molar-refractivity contribution < 1.29 is 0 Å². The number of hydrogen-bond acceptors (Lipinski definition) is 0.